The summed E-state index contributed by atoms with van der Waals surface area (Å²) >= 11 is 3.44. The number of hydrogen-bond acceptors (Lipinski definition) is 12. The summed E-state index contributed by atoms with van der Waals surface area (Å²) in [7, 11) is 0.806. The first-order valence-corrected chi connectivity index (χ1v) is 19.9. The lowest BCUT2D eigenvalue weighted by Crippen LogP contribution is -2.35. The number of tetrazole rings is 1. The Kier molecular flexibility index (Phi) is 13.1. The van der Waals surface area contributed by atoms with E-state index in [0.717, 1.165) is 26.1 Å². The molecule has 0 fully saturated rings. The Morgan fingerprint density at radius 1 is 0.849 bits per heavy atom. The predicted octanol–water partition coefficient (Wildman–Crippen LogP) is 7.03. The molecule has 0 saturated carbocycles. The Hall–Kier alpha value is -4.55. The van der Waals surface area contributed by atoms with Gasteiger partial charge in [-0.25, -0.2) is 17.9 Å². The van der Waals surface area contributed by atoms with Crippen LogP contribution in [0.3, 0.4) is 0 Å². The minimum absolute atomic E-state index is 0.0659. The first-order chi connectivity index (χ1) is 25.3. The number of rotatable bonds is 15. The average Bonchev–Trinajstić information content (AvgIpc) is 3.58. The summed E-state index contributed by atoms with van der Waals surface area (Å²) < 4.78 is 54.4. The summed E-state index contributed by atoms with van der Waals surface area (Å²) in [4.78, 5) is 12.9. The third kappa shape index (κ3) is 10.5. The van der Waals surface area contributed by atoms with E-state index in [1.807, 2.05) is 77.1 Å². The van der Waals surface area contributed by atoms with Gasteiger partial charge in [-0.1, -0.05) is 24.3 Å². The zero-order valence-corrected chi connectivity index (χ0v) is 34.0. The molecule has 1 aromatic heterocycles. The van der Waals surface area contributed by atoms with E-state index in [4.69, 9.17) is 18.9 Å². The van der Waals surface area contributed by atoms with Crippen molar-refractivity contribution in [2.75, 3.05) is 37.9 Å². The zero-order valence-electron chi connectivity index (χ0n) is 30.2. The first kappa shape index (κ1) is 39.7. The van der Waals surface area contributed by atoms with Crippen molar-refractivity contribution >= 4 is 56.2 Å². The van der Waals surface area contributed by atoms with Crippen LogP contribution in [-0.4, -0.2) is 73.9 Å². The molecule has 13 nitrogen and oxygen atoms in total. The Bertz CT molecular complexity index is 2110. The molecular formula is C37H41IN6O7S2. The van der Waals surface area contributed by atoms with E-state index >= 15 is 0 Å². The molecule has 0 radical (unpaired) electrons. The van der Waals surface area contributed by atoms with E-state index in [9.17, 15) is 13.2 Å². The van der Waals surface area contributed by atoms with Crippen molar-refractivity contribution in [1.29, 1.82) is 0 Å². The van der Waals surface area contributed by atoms with Gasteiger partial charge in [-0.15, -0.1) is 5.10 Å². The molecule has 0 aliphatic carbocycles. The molecule has 0 aliphatic rings. The van der Waals surface area contributed by atoms with Crippen molar-refractivity contribution in [3.8, 4) is 28.6 Å². The Morgan fingerprint density at radius 2 is 1.42 bits per heavy atom. The number of sulfone groups is 1. The summed E-state index contributed by atoms with van der Waals surface area (Å²) in [5.41, 5.74) is 2.48. The van der Waals surface area contributed by atoms with Crippen molar-refractivity contribution < 1.29 is 32.2 Å². The van der Waals surface area contributed by atoms with Gasteiger partial charge in [0, 0.05) is 15.8 Å². The molecule has 0 aliphatic heterocycles. The number of benzene rings is 4. The van der Waals surface area contributed by atoms with E-state index in [1.54, 1.807) is 58.9 Å². The highest BCUT2D eigenvalue weighted by Gasteiger charge is 2.29. The van der Waals surface area contributed by atoms with Gasteiger partial charge in [0.15, 0.2) is 15.7 Å². The fraction of sp³-hybridized carbons (Fsp3) is 0.297. The lowest BCUT2D eigenvalue weighted by atomic mass is 10.2. The van der Waals surface area contributed by atoms with Crippen LogP contribution in [0.15, 0.2) is 94.7 Å². The summed E-state index contributed by atoms with van der Waals surface area (Å²) in [6.07, 6.45) is -0.700. The van der Waals surface area contributed by atoms with Crippen LogP contribution in [0.25, 0.3) is 11.4 Å². The molecule has 0 saturated heterocycles. The van der Waals surface area contributed by atoms with Crippen LogP contribution < -0.4 is 23.8 Å². The second kappa shape index (κ2) is 17.5. The molecule has 5 rings (SSSR count). The number of ether oxygens (including phenoxy) is 4. The highest BCUT2D eigenvalue weighted by molar-refractivity contribution is 14.1. The lowest BCUT2D eigenvalue weighted by Gasteiger charge is -2.26. The predicted molar refractivity (Wildman–Crippen MR) is 212 cm³/mol. The van der Waals surface area contributed by atoms with Gasteiger partial charge in [0.25, 0.3) is 0 Å². The van der Waals surface area contributed by atoms with Crippen LogP contribution in [0.1, 0.15) is 31.9 Å². The quantitative estimate of drug-likeness (QED) is 0.0851. The molecule has 16 heteroatoms. The Labute approximate surface area is 327 Å². The minimum Gasteiger partial charge on any atom is -0.497 e. The molecule has 1 N–H and O–H groups in total. The van der Waals surface area contributed by atoms with Crippen molar-refractivity contribution in [3.05, 3.63) is 99.6 Å². The number of hydrogen-bond donors (Lipinski definition) is 1. The number of methoxy groups -OCH3 is 3. The summed E-state index contributed by atoms with van der Waals surface area (Å²) in [5.74, 6) is 2.12. The smallest absolute Gasteiger partial charge is 0.407 e. The van der Waals surface area contributed by atoms with Gasteiger partial charge >= 0.3 is 6.09 Å². The average molecular weight is 873 g/mol. The fourth-order valence-corrected chi connectivity index (χ4v) is 8.85. The standard InChI is InChI=1S/C37H41IN6O7S2/c1-37(2,3)51-36(45)39-21-22-53(46,47)32-20-19-31(38)33(35-40-41-42-43(35)23-25-7-13-28(48-4)14-8-25)34(32)52-44(27-11-17-30(50-6)18-12-27)24-26-9-15-29(49-5)16-10-26/h7-20H,21-24H2,1-6H3,(H,39,45). The molecule has 1 amide bonds. The molecule has 1 heterocycles. The fourth-order valence-electron chi connectivity index (χ4n) is 5.12. The molecular weight excluding hydrogens is 831 g/mol. The molecule has 0 atom stereocenters. The van der Waals surface area contributed by atoms with Gasteiger partial charge in [0.1, 0.15) is 22.8 Å². The number of carbonyl (C=O) groups excluding carboxylic acids is 1. The molecule has 5 aromatic rings. The van der Waals surface area contributed by atoms with E-state index in [0.29, 0.717) is 40.9 Å². The molecule has 0 spiro atoms. The number of aromatic nitrogens is 4. The highest BCUT2D eigenvalue weighted by Crippen LogP contribution is 2.43. The molecule has 53 heavy (non-hydrogen) atoms. The SMILES string of the molecule is COc1ccc(CN(Sc2c(S(=O)(=O)CCNC(=O)OC(C)(C)C)ccc(I)c2-c2nnnn2Cc2ccc(OC)cc2)c2ccc(OC)cc2)cc1. The molecule has 280 valence electrons. The maximum atomic E-state index is 14.3. The van der Waals surface area contributed by atoms with Gasteiger partial charge < -0.3 is 28.6 Å². The van der Waals surface area contributed by atoms with E-state index in [-0.39, 0.29) is 17.2 Å². The number of anilines is 1. The van der Waals surface area contributed by atoms with Gasteiger partial charge in [0.2, 0.25) is 0 Å². The normalized spacial score (nSPS) is 11.5. The summed E-state index contributed by atoms with van der Waals surface area (Å²) in [6.45, 7) is 5.76. The molecule has 0 unspecified atom stereocenters. The number of nitrogens with one attached hydrogen (secondary N) is 1. The summed E-state index contributed by atoms with van der Waals surface area (Å²) in [5, 5.41) is 15.3. The van der Waals surface area contributed by atoms with E-state index in [1.165, 1.54) is 11.9 Å². The topological polar surface area (TPSA) is 147 Å². The maximum absolute atomic E-state index is 14.3. The number of alkyl carbamates (subject to hydrolysis) is 1. The van der Waals surface area contributed by atoms with E-state index < -0.39 is 21.5 Å². The van der Waals surface area contributed by atoms with Crippen LogP contribution in [0.2, 0.25) is 0 Å². The van der Waals surface area contributed by atoms with Crippen LogP contribution in [0.5, 0.6) is 17.2 Å². The monoisotopic (exact) mass is 872 g/mol. The maximum Gasteiger partial charge on any atom is 0.407 e. The van der Waals surface area contributed by atoms with Crippen molar-refractivity contribution in [2.24, 2.45) is 0 Å². The second-order valence-electron chi connectivity index (χ2n) is 12.7. The number of amides is 1. The number of carbonyl (C=O) groups is 1. The number of nitrogens with zero attached hydrogens (tertiary/aromatic N) is 5. The van der Waals surface area contributed by atoms with Crippen LogP contribution in [0, 0.1) is 3.57 Å². The number of halogens is 1. The largest absolute Gasteiger partial charge is 0.497 e. The van der Waals surface area contributed by atoms with Crippen molar-refractivity contribution in [2.45, 2.75) is 49.3 Å². The first-order valence-electron chi connectivity index (χ1n) is 16.4. The van der Waals surface area contributed by atoms with Gasteiger partial charge in [-0.2, -0.15) is 0 Å². The van der Waals surface area contributed by atoms with Crippen LogP contribution in [0.4, 0.5) is 10.5 Å². The van der Waals surface area contributed by atoms with Gasteiger partial charge in [-0.05, 0) is 138 Å². The zero-order chi connectivity index (χ0) is 38.2. The molecule has 0 bridgehead atoms. The van der Waals surface area contributed by atoms with Crippen molar-refractivity contribution in [3.63, 3.8) is 0 Å². The minimum atomic E-state index is -4.01. The van der Waals surface area contributed by atoms with Gasteiger partial charge in [0.05, 0.1) is 55.5 Å². The summed E-state index contributed by atoms with van der Waals surface area (Å²) in [6, 6.07) is 26.1. The highest BCUT2D eigenvalue weighted by atomic mass is 127. The Balaban J connectivity index is 1.61. The Morgan fingerprint density at radius 3 is 1.98 bits per heavy atom. The van der Waals surface area contributed by atoms with Crippen LogP contribution >= 0.6 is 34.5 Å². The van der Waals surface area contributed by atoms with Crippen molar-refractivity contribution in [1.82, 2.24) is 25.5 Å². The van der Waals surface area contributed by atoms with Gasteiger partial charge in [-0.3, -0.25) is 0 Å². The molecule has 4 aromatic carbocycles. The third-order valence-corrected chi connectivity index (χ3v) is 11.7. The second-order valence-corrected chi connectivity index (χ2v) is 17.0. The van der Waals surface area contributed by atoms with Crippen LogP contribution in [-0.2, 0) is 27.7 Å². The third-order valence-electron chi connectivity index (χ3n) is 7.74. The van der Waals surface area contributed by atoms with E-state index in [2.05, 4.69) is 43.4 Å². The lowest BCUT2D eigenvalue weighted by molar-refractivity contribution is 0.0531.